The van der Waals surface area contributed by atoms with Gasteiger partial charge in [-0.15, -0.1) is 10.2 Å². The fourth-order valence-electron chi connectivity index (χ4n) is 2.70. The number of thioether (sulfide) groups is 1. The van der Waals surface area contributed by atoms with Crippen molar-refractivity contribution < 1.29 is 9.53 Å². The van der Waals surface area contributed by atoms with Crippen LogP contribution in [0.5, 0.6) is 5.75 Å². The lowest BCUT2D eigenvalue weighted by molar-refractivity contribution is -0.113. The molecule has 3 aromatic rings. The van der Waals surface area contributed by atoms with E-state index in [0.717, 1.165) is 24.4 Å². The summed E-state index contributed by atoms with van der Waals surface area (Å²) in [6.45, 7) is 5.32. The average molecular weight is 398 g/mol. The first-order chi connectivity index (χ1) is 13.7. The van der Waals surface area contributed by atoms with Crippen LogP contribution in [0.1, 0.15) is 20.3 Å². The van der Waals surface area contributed by atoms with Crippen molar-refractivity contribution in [2.45, 2.75) is 32.0 Å². The molecule has 0 atom stereocenters. The summed E-state index contributed by atoms with van der Waals surface area (Å²) >= 11 is 1.37. The van der Waals surface area contributed by atoms with E-state index < -0.39 is 0 Å². The molecule has 0 bridgehead atoms. The Bertz CT molecular complexity index is 914. The molecule has 0 aliphatic carbocycles. The third kappa shape index (κ3) is 4.89. The van der Waals surface area contributed by atoms with Crippen molar-refractivity contribution in [2.75, 3.05) is 17.7 Å². The molecule has 2 aromatic heterocycles. The number of para-hydroxylation sites is 2. The number of aromatic nitrogens is 4. The van der Waals surface area contributed by atoms with Crippen LogP contribution in [0.4, 0.5) is 5.69 Å². The average Bonchev–Trinajstić information content (AvgIpc) is 3.12. The number of rotatable bonds is 9. The molecular formula is C20H23N5O2S. The summed E-state index contributed by atoms with van der Waals surface area (Å²) in [5.74, 6) is 1.54. The van der Waals surface area contributed by atoms with Crippen LogP contribution >= 0.6 is 11.8 Å². The molecule has 0 fully saturated rings. The summed E-state index contributed by atoms with van der Waals surface area (Å²) in [6.07, 6.45) is 4.43. The molecule has 0 saturated heterocycles. The lowest BCUT2D eigenvalue weighted by Crippen LogP contribution is -2.15. The van der Waals surface area contributed by atoms with Crippen molar-refractivity contribution in [1.29, 1.82) is 0 Å². The first-order valence-corrected chi connectivity index (χ1v) is 10.2. The van der Waals surface area contributed by atoms with Gasteiger partial charge >= 0.3 is 0 Å². The van der Waals surface area contributed by atoms with E-state index >= 15 is 0 Å². The lowest BCUT2D eigenvalue weighted by atomic mass is 10.2. The number of ether oxygens (including phenoxy) is 1. The minimum Gasteiger partial charge on any atom is -0.492 e. The zero-order valence-corrected chi connectivity index (χ0v) is 16.8. The van der Waals surface area contributed by atoms with E-state index in [0.29, 0.717) is 23.2 Å². The molecule has 146 valence electrons. The summed E-state index contributed by atoms with van der Waals surface area (Å²) in [5.41, 5.74) is 1.58. The molecule has 28 heavy (non-hydrogen) atoms. The van der Waals surface area contributed by atoms with E-state index in [1.165, 1.54) is 11.8 Å². The van der Waals surface area contributed by atoms with Gasteiger partial charge in [0.15, 0.2) is 11.0 Å². The van der Waals surface area contributed by atoms with Gasteiger partial charge in [0.1, 0.15) is 5.75 Å². The number of benzene rings is 1. The molecule has 0 unspecified atom stereocenters. The smallest absolute Gasteiger partial charge is 0.234 e. The lowest BCUT2D eigenvalue weighted by Gasteiger charge is -2.11. The van der Waals surface area contributed by atoms with E-state index in [4.69, 9.17) is 4.74 Å². The molecule has 2 heterocycles. The minimum absolute atomic E-state index is 0.119. The predicted octanol–water partition coefficient (Wildman–Crippen LogP) is 3.88. The van der Waals surface area contributed by atoms with Crippen molar-refractivity contribution >= 4 is 23.4 Å². The Hall–Kier alpha value is -2.87. The Labute approximate surface area is 168 Å². The van der Waals surface area contributed by atoms with Crippen LogP contribution in [0.2, 0.25) is 0 Å². The molecule has 1 N–H and O–H groups in total. The van der Waals surface area contributed by atoms with E-state index in [2.05, 4.69) is 27.4 Å². The molecule has 0 radical (unpaired) electrons. The fourth-order valence-corrected chi connectivity index (χ4v) is 3.46. The number of hydrogen-bond donors (Lipinski definition) is 1. The van der Waals surface area contributed by atoms with Crippen LogP contribution in [-0.2, 0) is 11.3 Å². The van der Waals surface area contributed by atoms with Crippen LogP contribution < -0.4 is 10.1 Å². The number of pyridine rings is 1. The number of nitrogens with zero attached hydrogens (tertiary/aromatic N) is 4. The zero-order chi connectivity index (χ0) is 19.8. The fraction of sp³-hybridized carbons (Fsp3) is 0.300. The van der Waals surface area contributed by atoms with Gasteiger partial charge in [-0.05, 0) is 37.6 Å². The summed E-state index contributed by atoms with van der Waals surface area (Å²) in [7, 11) is 0. The largest absolute Gasteiger partial charge is 0.492 e. The highest BCUT2D eigenvalue weighted by molar-refractivity contribution is 7.99. The normalized spacial score (nSPS) is 10.6. The maximum absolute atomic E-state index is 12.4. The quantitative estimate of drug-likeness (QED) is 0.552. The standard InChI is InChI=1S/C20H23N5O2S/c1-3-12-25-19(15-8-7-11-21-13-15)23-24-20(25)28-14-18(26)22-16-9-5-6-10-17(16)27-4-2/h5-11,13H,3-4,12,14H2,1-2H3,(H,22,26). The van der Waals surface area contributed by atoms with Gasteiger partial charge in [-0.1, -0.05) is 30.8 Å². The minimum atomic E-state index is -0.119. The summed E-state index contributed by atoms with van der Waals surface area (Å²) < 4.78 is 7.58. The SMILES string of the molecule is CCCn1c(SCC(=O)Nc2ccccc2OCC)nnc1-c1cccnc1. The van der Waals surface area contributed by atoms with Gasteiger partial charge in [0.2, 0.25) is 5.91 Å². The predicted molar refractivity (Wildman–Crippen MR) is 111 cm³/mol. The zero-order valence-electron chi connectivity index (χ0n) is 16.0. The van der Waals surface area contributed by atoms with Gasteiger partial charge in [-0.2, -0.15) is 0 Å². The number of anilines is 1. The van der Waals surface area contributed by atoms with Gasteiger partial charge < -0.3 is 14.6 Å². The van der Waals surface area contributed by atoms with Crippen LogP contribution in [0.25, 0.3) is 11.4 Å². The second kappa shape index (κ2) is 9.89. The summed E-state index contributed by atoms with van der Waals surface area (Å²) in [6, 6.07) is 11.2. The Morgan fingerprint density at radius 1 is 1.18 bits per heavy atom. The number of amides is 1. The maximum Gasteiger partial charge on any atom is 0.234 e. The number of carbonyl (C=O) groups excluding carboxylic acids is 1. The van der Waals surface area contributed by atoms with Crippen molar-refractivity contribution in [3.05, 3.63) is 48.8 Å². The molecule has 0 aliphatic rings. The first kappa shape index (κ1) is 19.9. The van der Waals surface area contributed by atoms with Gasteiger partial charge in [0.05, 0.1) is 18.0 Å². The van der Waals surface area contributed by atoms with Crippen molar-refractivity contribution in [3.63, 3.8) is 0 Å². The van der Waals surface area contributed by atoms with Crippen LogP contribution in [-0.4, -0.2) is 38.0 Å². The number of hydrogen-bond acceptors (Lipinski definition) is 6. The Morgan fingerprint density at radius 2 is 2.04 bits per heavy atom. The Balaban J connectivity index is 1.69. The Kier molecular flexibility index (Phi) is 7.02. The molecule has 1 aromatic carbocycles. The summed E-state index contributed by atoms with van der Waals surface area (Å²) in [4.78, 5) is 16.6. The molecule has 0 aliphatic heterocycles. The van der Waals surface area contributed by atoms with Gasteiger partial charge in [0, 0.05) is 24.5 Å². The topological polar surface area (TPSA) is 81.9 Å². The van der Waals surface area contributed by atoms with Gasteiger partial charge in [-0.25, -0.2) is 0 Å². The van der Waals surface area contributed by atoms with E-state index in [1.807, 2.05) is 47.9 Å². The van der Waals surface area contributed by atoms with E-state index in [-0.39, 0.29) is 11.7 Å². The number of nitrogens with one attached hydrogen (secondary N) is 1. The second-order valence-corrected chi connectivity index (χ2v) is 6.91. The highest BCUT2D eigenvalue weighted by Gasteiger charge is 2.16. The van der Waals surface area contributed by atoms with Crippen molar-refractivity contribution in [1.82, 2.24) is 19.7 Å². The first-order valence-electron chi connectivity index (χ1n) is 9.21. The van der Waals surface area contributed by atoms with Crippen molar-refractivity contribution in [3.8, 4) is 17.1 Å². The summed E-state index contributed by atoms with van der Waals surface area (Å²) in [5, 5.41) is 12.2. The maximum atomic E-state index is 12.4. The molecule has 3 rings (SSSR count). The molecular weight excluding hydrogens is 374 g/mol. The molecule has 8 heteroatoms. The third-order valence-corrected chi connectivity index (χ3v) is 4.84. The number of carbonyl (C=O) groups is 1. The van der Waals surface area contributed by atoms with Crippen LogP contribution in [0, 0.1) is 0 Å². The Morgan fingerprint density at radius 3 is 2.79 bits per heavy atom. The van der Waals surface area contributed by atoms with E-state index in [9.17, 15) is 4.79 Å². The van der Waals surface area contributed by atoms with E-state index in [1.54, 1.807) is 12.4 Å². The highest BCUT2D eigenvalue weighted by Crippen LogP contribution is 2.26. The van der Waals surface area contributed by atoms with Crippen LogP contribution in [0.15, 0.2) is 53.9 Å². The second-order valence-electron chi connectivity index (χ2n) is 5.97. The van der Waals surface area contributed by atoms with Crippen molar-refractivity contribution in [2.24, 2.45) is 0 Å². The van der Waals surface area contributed by atoms with Gasteiger partial charge in [0.25, 0.3) is 0 Å². The highest BCUT2D eigenvalue weighted by atomic mass is 32.2. The molecule has 0 saturated carbocycles. The molecule has 0 spiro atoms. The van der Waals surface area contributed by atoms with Crippen LogP contribution in [0.3, 0.4) is 0 Å². The molecule has 7 nitrogen and oxygen atoms in total. The third-order valence-electron chi connectivity index (χ3n) is 3.88. The molecule has 1 amide bonds. The monoisotopic (exact) mass is 397 g/mol. The van der Waals surface area contributed by atoms with Gasteiger partial charge in [-0.3, -0.25) is 9.78 Å².